The lowest BCUT2D eigenvalue weighted by Gasteiger charge is -2.17. The van der Waals surface area contributed by atoms with Crippen LogP contribution in [0.1, 0.15) is 41.4 Å². The van der Waals surface area contributed by atoms with Crippen molar-refractivity contribution in [3.05, 3.63) is 52.3 Å². The second-order valence-corrected chi connectivity index (χ2v) is 6.46. The summed E-state index contributed by atoms with van der Waals surface area (Å²) in [6, 6.07) is 7.83. The Kier molecular flexibility index (Phi) is 3.96. The Balaban J connectivity index is 1.70. The number of nitrogens with zero attached hydrogens (tertiary/aromatic N) is 2. The third-order valence-corrected chi connectivity index (χ3v) is 4.45. The van der Waals surface area contributed by atoms with Crippen LogP contribution >= 0.6 is 11.6 Å². The van der Waals surface area contributed by atoms with Crippen LogP contribution in [0.25, 0.3) is 0 Å². The number of carbonyl (C=O) groups excluding carboxylic acids is 1. The molecule has 22 heavy (non-hydrogen) atoms. The van der Waals surface area contributed by atoms with Gasteiger partial charge in [-0.05, 0) is 50.8 Å². The van der Waals surface area contributed by atoms with Gasteiger partial charge in [0.15, 0.2) is 0 Å². The van der Waals surface area contributed by atoms with E-state index in [0.717, 1.165) is 36.5 Å². The molecule has 0 saturated heterocycles. The maximum Gasteiger partial charge on any atom is 0.255 e. The fourth-order valence-corrected chi connectivity index (χ4v) is 2.83. The Hall–Kier alpha value is -1.81. The molecule has 1 saturated carbocycles. The van der Waals surface area contributed by atoms with Crippen molar-refractivity contribution in [2.24, 2.45) is 0 Å². The van der Waals surface area contributed by atoms with Crippen molar-refractivity contribution in [1.82, 2.24) is 15.1 Å². The number of aromatic nitrogens is 2. The zero-order chi connectivity index (χ0) is 15.7. The molecule has 1 fully saturated rings. The van der Waals surface area contributed by atoms with Gasteiger partial charge in [0.2, 0.25) is 0 Å². The van der Waals surface area contributed by atoms with Crippen LogP contribution in [0.3, 0.4) is 0 Å². The average molecular weight is 318 g/mol. The van der Waals surface area contributed by atoms with Gasteiger partial charge < -0.3 is 5.32 Å². The topological polar surface area (TPSA) is 46.9 Å². The summed E-state index contributed by atoms with van der Waals surface area (Å²) in [6.45, 7) is 4.65. The average Bonchev–Trinajstić information content (AvgIpc) is 3.12. The van der Waals surface area contributed by atoms with Crippen molar-refractivity contribution >= 4 is 17.5 Å². The second kappa shape index (κ2) is 5.76. The smallest absolute Gasteiger partial charge is 0.255 e. The first-order valence-corrected chi connectivity index (χ1v) is 8.00. The summed E-state index contributed by atoms with van der Waals surface area (Å²) in [5, 5.41) is 8.27. The number of hydrogen-bond donors (Lipinski definition) is 1. The highest BCUT2D eigenvalue weighted by Gasteiger charge is 2.44. The van der Waals surface area contributed by atoms with Crippen LogP contribution in [0, 0.1) is 6.92 Å². The van der Waals surface area contributed by atoms with Crippen LogP contribution in [0.4, 0.5) is 0 Å². The van der Waals surface area contributed by atoms with E-state index >= 15 is 0 Å². The number of amides is 1. The van der Waals surface area contributed by atoms with Crippen LogP contribution < -0.4 is 5.32 Å². The Bertz CT molecular complexity index is 686. The quantitative estimate of drug-likeness (QED) is 0.919. The highest BCUT2D eigenvalue weighted by atomic mass is 35.5. The van der Waals surface area contributed by atoms with Crippen molar-refractivity contribution in [3.8, 4) is 0 Å². The number of carbonyl (C=O) groups is 1. The first-order valence-electron chi connectivity index (χ1n) is 7.62. The van der Waals surface area contributed by atoms with E-state index in [2.05, 4.69) is 10.4 Å². The SMILES string of the molecule is CCn1cc(C(=O)NC2(Cc3ccc(Cl)cc3)CC2)c(C)n1. The first-order chi connectivity index (χ1) is 10.5. The Morgan fingerprint density at radius 3 is 2.59 bits per heavy atom. The van der Waals surface area contributed by atoms with Crippen molar-refractivity contribution in [1.29, 1.82) is 0 Å². The zero-order valence-corrected chi connectivity index (χ0v) is 13.7. The van der Waals surface area contributed by atoms with Gasteiger partial charge in [0.25, 0.3) is 5.91 Å². The number of benzene rings is 1. The van der Waals surface area contributed by atoms with Crippen LogP contribution in [0.15, 0.2) is 30.5 Å². The van der Waals surface area contributed by atoms with Crippen LogP contribution in [-0.4, -0.2) is 21.2 Å². The van der Waals surface area contributed by atoms with Gasteiger partial charge in [-0.1, -0.05) is 23.7 Å². The van der Waals surface area contributed by atoms with E-state index < -0.39 is 0 Å². The predicted molar refractivity (Wildman–Crippen MR) is 87.2 cm³/mol. The fourth-order valence-electron chi connectivity index (χ4n) is 2.70. The van der Waals surface area contributed by atoms with Gasteiger partial charge in [-0.3, -0.25) is 9.48 Å². The van der Waals surface area contributed by atoms with E-state index in [1.165, 1.54) is 5.56 Å². The minimum atomic E-state index is -0.105. The van der Waals surface area contributed by atoms with Crippen molar-refractivity contribution in [2.45, 2.75) is 45.2 Å². The summed E-state index contributed by atoms with van der Waals surface area (Å²) in [6.07, 6.45) is 4.70. The first kappa shape index (κ1) is 15.1. The molecule has 2 aromatic rings. The zero-order valence-electron chi connectivity index (χ0n) is 12.9. The van der Waals surface area contributed by atoms with Crippen molar-refractivity contribution < 1.29 is 4.79 Å². The number of aryl methyl sites for hydroxylation is 2. The third kappa shape index (κ3) is 3.17. The molecule has 1 heterocycles. The van der Waals surface area contributed by atoms with Gasteiger partial charge in [-0.25, -0.2) is 0 Å². The van der Waals surface area contributed by atoms with Crippen LogP contribution in [-0.2, 0) is 13.0 Å². The van der Waals surface area contributed by atoms with E-state index in [0.29, 0.717) is 5.56 Å². The molecule has 0 atom stereocenters. The lowest BCUT2D eigenvalue weighted by molar-refractivity contribution is 0.0931. The number of hydrogen-bond acceptors (Lipinski definition) is 2. The molecule has 1 aliphatic carbocycles. The minimum absolute atomic E-state index is 0.0244. The maximum atomic E-state index is 12.5. The lowest BCUT2D eigenvalue weighted by Crippen LogP contribution is -2.38. The Labute approximate surface area is 135 Å². The molecule has 1 aromatic heterocycles. The number of halogens is 1. The highest BCUT2D eigenvalue weighted by molar-refractivity contribution is 6.30. The summed E-state index contributed by atoms with van der Waals surface area (Å²) >= 11 is 5.92. The highest BCUT2D eigenvalue weighted by Crippen LogP contribution is 2.39. The second-order valence-electron chi connectivity index (χ2n) is 6.02. The molecule has 1 aromatic carbocycles. The maximum absolute atomic E-state index is 12.5. The van der Waals surface area contributed by atoms with Crippen LogP contribution in [0.5, 0.6) is 0 Å². The lowest BCUT2D eigenvalue weighted by atomic mass is 10.0. The molecule has 0 radical (unpaired) electrons. The van der Waals surface area contributed by atoms with Gasteiger partial charge in [0, 0.05) is 23.3 Å². The normalized spacial score (nSPS) is 15.6. The molecular formula is C17H20ClN3O. The van der Waals surface area contributed by atoms with Crippen molar-refractivity contribution in [2.75, 3.05) is 0 Å². The van der Waals surface area contributed by atoms with E-state index in [1.54, 1.807) is 4.68 Å². The molecule has 0 unspecified atom stereocenters. The number of nitrogens with one attached hydrogen (secondary N) is 1. The molecule has 5 heteroatoms. The largest absolute Gasteiger partial charge is 0.346 e. The molecule has 3 rings (SSSR count). The summed E-state index contributed by atoms with van der Waals surface area (Å²) in [7, 11) is 0. The van der Waals surface area contributed by atoms with Gasteiger partial charge in [-0.2, -0.15) is 5.10 Å². The monoisotopic (exact) mass is 317 g/mol. The standard InChI is InChI=1S/C17H20ClN3O/c1-3-21-11-15(12(2)20-21)16(22)19-17(8-9-17)10-13-4-6-14(18)7-5-13/h4-7,11H,3,8-10H2,1-2H3,(H,19,22). The molecule has 1 aliphatic rings. The molecule has 0 spiro atoms. The van der Waals surface area contributed by atoms with Gasteiger partial charge in [0.05, 0.1) is 11.3 Å². The van der Waals surface area contributed by atoms with E-state index in [4.69, 9.17) is 11.6 Å². The molecule has 1 N–H and O–H groups in total. The minimum Gasteiger partial charge on any atom is -0.346 e. The van der Waals surface area contributed by atoms with E-state index in [-0.39, 0.29) is 11.4 Å². The summed E-state index contributed by atoms with van der Waals surface area (Å²) < 4.78 is 1.79. The molecule has 116 valence electrons. The van der Waals surface area contributed by atoms with Gasteiger partial charge in [0.1, 0.15) is 0 Å². The van der Waals surface area contributed by atoms with E-state index in [9.17, 15) is 4.79 Å². The molecule has 4 nitrogen and oxygen atoms in total. The molecular weight excluding hydrogens is 298 g/mol. The van der Waals surface area contributed by atoms with Gasteiger partial charge >= 0.3 is 0 Å². The fraction of sp³-hybridized carbons (Fsp3) is 0.412. The third-order valence-electron chi connectivity index (χ3n) is 4.20. The predicted octanol–water partition coefficient (Wildman–Crippen LogP) is 3.37. The number of rotatable bonds is 5. The summed E-state index contributed by atoms with van der Waals surface area (Å²) in [5.74, 6) is -0.0244. The van der Waals surface area contributed by atoms with Gasteiger partial charge in [-0.15, -0.1) is 0 Å². The Morgan fingerprint density at radius 2 is 2.05 bits per heavy atom. The molecule has 0 bridgehead atoms. The Morgan fingerprint density at radius 1 is 1.36 bits per heavy atom. The summed E-state index contributed by atoms with van der Waals surface area (Å²) in [5.41, 5.74) is 2.54. The van der Waals surface area contributed by atoms with Crippen molar-refractivity contribution in [3.63, 3.8) is 0 Å². The summed E-state index contributed by atoms with van der Waals surface area (Å²) in [4.78, 5) is 12.5. The molecule has 0 aliphatic heterocycles. The van der Waals surface area contributed by atoms with E-state index in [1.807, 2.05) is 44.3 Å². The van der Waals surface area contributed by atoms with Crippen LogP contribution in [0.2, 0.25) is 5.02 Å². The molecule has 1 amide bonds.